The lowest BCUT2D eigenvalue weighted by Gasteiger charge is -2.32. The van der Waals surface area contributed by atoms with Crippen molar-refractivity contribution >= 4 is 48.5 Å². The molecule has 0 aromatic heterocycles. The molecular weight excluding hydrogens is 590 g/mol. The monoisotopic (exact) mass is 621 g/mol. The third kappa shape index (κ3) is 7.15. The van der Waals surface area contributed by atoms with E-state index in [2.05, 4.69) is 21.2 Å². The van der Waals surface area contributed by atoms with Crippen LogP contribution in [0.2, 0.25) is 0 Å². The first-order chi connectivity index (χ1) is 19.2. The van der Waals surface area contributed by atoms with Crippen molar-refractivity contribution in [3.63, 3.8) is 0 Å². The molecule has 0 bridgehead atoms. The fourth-order valence-electron chi connectivity index (χ4n) is 4.55. The van der Waals surface area contributed by atoms with Crippen molar-refractivity contribution in [1.82, 2.24) is 14.5 Å². The highest BCUT2D eigenvalue weighted by Crippen LogP contribution is 2.23. The number of halogens is 1. The Labute approximate surface area is 244 Å². The molecule has 208 valence electrons. The van der Waals surface area contributed by atoms with E-state index in [-0.39, 0.29) is 23.8 Å². The van der Waals surface area contributed by atoms with Crippen LogP contribution in [0.1, 0.15) is 18.1 Å². The molecular formula is C31H32BrN3O4S. The Kier molecular flexibility index (Phi) is 9.73. The van der Waals surface area contributed by atoms with Gasteiger partial charge in [0.2, 0.25) is 21.8 Å². The zero-order chi connectivity index (χ0) is 28.7. The summed E-state index contributed by atoms with van der Waals surface area (Å²) in [6.45, 7) is 1.94. The van der Waals surface area contributed by atoms with Crippen molar-refractivity contribution in [2.45, 2.75) is 30.8 Å². The van der Waals surface area contributed by atoms with E-state index >= 15 is 0 Å². The molecule has 0 aliphatic heterocycles. The van der Waals surface area contributed by atoms with Crippen molar-refractivity contribution in [3.05, 3.63) is 113 Å². The van der Waals surface area contributed by atoms with Crippen LogP contribution in [0.4, 0.5) is 0 Å². The number of nitrogens with one attached hydrogen (secondary N) is 1. The average molecular weight is 623 g/mol. The maximum Gasteiger partial charge on any atom is 0.243 e. The van der Waals surface area contributed by atoms with Gasteiger partial charge in [-0.2, -0.15) is 4.31 Å². The minimum absolute atomic E-state index is 0.101. The van der Waals surface area contributed by atoms with Gasteiger partial charge in [-0.15, -0.1) is 0 Å². The van der Waals surface area contributed by atoms with E-state index in [0.29, 0.717) is 6.54 Å². The van der Waals surface area contributed by atoms with E-state index in [9.17, 15) is 18.0 Å². The van der Waals surface area contributed by atoms with Gasteiger partial charge in [0, 0.05) is 31.0 Å². The Bertz CT molecular complexity index is 1590. The quantitative estimate of drug-likeness (QED) is 0.255. The van der Waals surface area contributed by atoms with Gasteiger partial charge >= 0.3 is 0 Å². The molecule has 9 heteroatoms. The van der Waals surface area contributed by atoms with Crippen LogP contribution in [0.3, 0.4) is 0 Å². The van der Waals surface area contributed by atoms with E-state index in [1.54, 1.807) is 18.2 Å². The largest absolute Gasteiger partial charge is 0.355 e. The Morgan fingerprint density at radius 3 is 2.23 bits per heavy atom. The number of amides is 2. The van der Waals surface area contributed by atoms with Crippen molar-refractivity contribution in [2.75, 3.05) is 20.1 Å². The first-order valence-corrected chi connectivity index (χ1v) is 15.2. The van der Waals surface area contributed by atoms with E-state index in [0.717, 1.165) is 30.7 Å². The number of fused-ring (bicyclic) bond motifs is 1. The molecule has 0 saturated heterocycles. The van der Waals surface area contributed by atoms with Crippen LogP contribution in [0.5, 0.6) is 0 Å². The second kappa shape index (κ2) is 13.2. The highest BCUT2D eigenvalue weighted by Gasteiger charge is 2.33. The molecule has 0 aliphatic rings. The van der Waals surface area contributed by atoms with Crippen LogP contribution in [0.25, 0.3) is 10.8 Å². The fraction of sp³-hybridized carbons (Fsp3) is 0.226. The maximum atomic E-state index is 13.9. The van der Waals surface area contributed by atoms with Crippen LogP contribution in [0, 0.1) is 0 Å². The van der Waals surface area contributed by atoms with E-state index in [4.69, 9.17) is 0 Å². The number of sulfonamides is 1. The van der Waals surface area contributed by atoms with Gasteiger partial charge in [-0.05, 0) is 53.1 Å². The maximum absolute atomic E-state index is 13.9. The van der Waals surface area contributed by atoms with Crippen LogP contribution < -0.4 is 5.32 Å². The predicted octanol–water partition coefficient (Wildman–Crippen LogP) is 5.00. The zero-order valence-electron chi connectivity index (χ0n) is 22.5. The number of likely N-dealkylation sites (N-methyl/N-ethyl adjacent to an activating group) is 2. The summed E-state index contributed by atoms with van der Waals surface area (Å²) in [4.78, 5) is 28.8. The summed E-state index contributed by atoms with van der Waals surface area (Å²) in [6.07, 6.45) is 0.285. The highest BCUT2D eigenvalue weighted by atomic mass is 79.9. The van der Waals surface area contributed by atoms with E-state index in [1.165, 1.54) is 11.9 Å². The Hall–Kier alpha value is -3.53. The molecule has 1 N–H and O–H groups in total. The van der Waals surface area contributed by atoms with Crippen LogP contribution >= 0.6 is 15.9 Å². The number of rotatable bonds is 11. The highest BCUT2D eigenvalue weighted by molar-refractivity contribution is 9.10. The normalized spacial score (nSPS) is 12.3. The summed E-state index contributed by atoms with van der Waals surface area (Å²) in [7, 11) is -2.59. The molecule has 1 atom stereocenters. The van der Waals surface area contributed by atoms with Crippen LogP contribution in [-0.2, 0) is 32.6 Å². The molecule has 0 spiro atoms. The molecule has 0 heterocycles. The molecule has 2 amide bonds. The average Bonchev–Trinajstić information content (AvgIpc) is 2.95. The van der Waals surface area contributed by atoms with Gasteiger partial charge in [-0.25, -0.2) is 8.42 Å². The standard InChI is InChI=1S/C31H32BrN3O4S/c1-3-33-31(37)29(19-23-10-5-4-6-11-23)35(21-24-12-9-15-27(32)18-24)30(36)22-34(2)40(38,39)28-17-16-25-13-7-8-14-26(25)20-28/h4-18,20,29H,3,19,21-22H2,1-2H3,(H,33,37). The van der Waals surface area contributed by atoms with Crippen molar-refractivity contribution in [2.24, 2.45) is 0 Å². The summed E-state index contributed by atoms with van der Waals surface area (Å²) >= 11 is 3.47. The zero-order valence-corrected chi connectivity index (χ0v) is 24.9. The summed E-state index contributed by atoms with van der Waals surface area (Å²) in [5.41, 5.74) is 1.70. The van der Waals surface area contributed by atoms with Gasteiger partial charge in [-0.3, -0.25) is 9.59 Å². The lowest BCUT2D eigenvalue weighted by atomic mass is 10.0. The molecule has 4 rings (SSSR count). The van der Waals surface area contributed by atoms with Crippen molar-refractivity contribution in [1.29, 1.82) is 0 Å². The number of carbonyl (C=O) groups is 2. The fourth-order valence-corrected chi connectivity index (χ4v) is 6.15. The smallest absolute Gasteiger partial charge is 0.243 e. The lowest BCUT2D eigenvalue weighted by Crippen LogP contribution is -2.53. The van der Waals surface area contributed by atoms with E-state index < -0.39 is 28.5 Å². The van der Waals surface area contributed by atoms with Gasteiger partial charge in [0.25, 0.3) is 0 Å². The first-order valence-electron chi connectivity index (χ1n) is 13.0. The van der Waals surface area contributed by atoms with Crippen molar-refractivity contribution in [3.8, 4) is 0 Å². The van der Waals surface area contributed by atoms with Gasteiger partial charge in [0.15, 0.2) is 0 Å². The minimum atomic E-state index is -3.98. The second-order valence-electron chi connectivity index (χ2n) is 9.52. The number of nitrogens with zero attached hydrogens (tertiary/aromatic N) is 2. The summed E-state index contributed by atoms with van der Waals surface area (Å²) in [5, 5.41) is 4.56. The Morgan fingerprint density at radius 1 is 0.850 bits per heavy atom. The number of carbonyl (C=O) groups excluding carboxylic acids is 2. The van der Waals surface area contributed by atoms with Crippen LogP contribution in [0.15, 0.2) is 106 Å². The Balaban J connectivity index is 1.66. The third-order valence-electron chi connectivity index (χ3n) is 6.65. The Morgan fingerprint density at radius 2 is 1.52 bits per heavy atom. The number of benzene rings is 4. The SMILES string of the molecule is CCNC(=O)C(Cc1ccccc1)N(Cc1cccc(Br)c1)C(=O)CN(C)S(=O)(=O)c1ccc2ccccc2c1. The van der Waals surface area contributed by atoms with Gasteiger partial charge in [0.05, 0.1) is 11.4 Å². The molecule has 7 nitrogen and oxygen atoms in total. The first kappa shape index (κ1) is 29.5. The number of hydrogen-bond acceptors (Lipinski definition) is 4. The molecule has 40 heavy (non-hydrogen) atoms. The molecule has 0 saturated carbocycles. The number of hydrogen-bond donors (Lipinski definition) is 1. The third-order valence-corrected chi connectivity index (χ3v) is 8.94. The summed E-state index contributed by atoms with van der Waals surface area (Å²) < 4.78 is 28.9. The molecule has 4 aromatic carbocycles. The van der Waals surface area contributed by atoms with Gasteiger partial charge in [0.1, 0.15) is 6.04 Å². The van der Waals surface area contributed by atoms with Crippen LogP contribution in [-0.4, -0.2) is 55.6 Å². The molecule has 0 radical (unpaired) electrons. The summed E-state index contributed by atoms with van der Waals surface area (Å²) in [6, 6.07) is 28.5. The van der Waals surface area contributed by atoms with E-state index in [1.807, 2.05) is 85.8 Å². The second-order valence-corrected chi connectivity index (χ2v) is 12.5. The minimum Gasteiger partial charge on any atom is -0.355 e. The van der Waals surface area contributed by atoms with Gasteiger partial charge < -0.3 is 10.2 Å². The summed E-state index contributed by atoms with van der Waals surface area (Å²) in [5.74, 6) is -0.770. The topological polar surface area (TPSA) is 86.8 Å². The van der Waals surface area contributed by atoms with Crippen molar-refractivity contribution < 1.29 is 18.0 Å². The predicted molar refractivity (Wildman–Crippen MR) is 161 cm³/mol. The lowest BCUT2D eigenvalue weighted by molar-refractivity contribution is -0.141. The van der Waals surface area contributed by atoms with Gasteiger partial charge in [-0.1, -0.05) is 88.7 Å². The molecule has 0 fully saturated rings. The molecule has 0 aliphatic carbocycles. The molecule has 4 aromatic rings. The molecule has 1 unspecified atom stereocenters.